The number of ether oxygens (including phenoxy) is 1. The molecule has 0 bridgehead atoms. The number of hydrogen-bond acceptors (Lipinski definition) is 2. The highest BCUT2D eigenvalue weighted by Crippen LogP contribution is 2.27. The van der Waals surface area contributed by atoms with Crippen LogP contribution in [0.4, 0.5) is 0 Å². The Labute approximate surface area is 162 Å². The number of benzene rings is 2. The number of carboxylic acid groups (broad SMARTS) is 1. The largest absolute Gasteiger partial charge is 0.479 e. The number of halogens is 2. The summed E-state index contributed by atoms with van der Waals surface area (Å²) in [5.41, 5.74) is 2.00. The van der Waals surface area contributed by atoms with Crippen LogP contribution in [0, 0.1) is 5.92 Å². The van der Waals surface area contributed by atoms with Crippen molar-refractivity contribution in [3.63, 3.8) is 0 Å². The van der Waals surface area contributed by atoms with Crippen LogP contribution in [0.5, 0.6) is 0 Å². The van der Waals surface area contributed by atoms with E-state index >= 15 is 0 Å². The molecular weight excluding hydrogens is 404 g/mol. The smallest absolute Gasteiger partial charge is 0.332 e. The zero-order chi connectivity index (χ0) is 18.4. The van der Waals surface area contributed by atoms with Gasteiger partial charge in [-0.1, -0.05) is 65.6 Å². The SMILES string of the molecule is CC(C)C[C@H](O[C@H](Cc1ccc(Cl)cc1)c1ccc(Br)cc1)C(=O)O. The molecule has 0 spiro atoms. The second-order valence-corrected chi connectivity index (χ2v) is 7.82. The fourth-order valence-electron chi connectivity index (χ4n) is 2.60. The van der Waals surface area contributed by atoms with E-state index in [4.69, 9.17) is 16.3 Å². The molecule has 0 aromatic heterocycles. The molecule has 5 heteroatoms. The predicted octanol–water partition coefficient (Wildman–Crippen LogP) is 5.90. The van der Waals surface area contributed by atoms with Crippen molar-refractivity contribution in [1.29, 1.82) is 0 Å². The quantitative estimate of drug-likeness (QED) is 0.572. The van der Waals surface area contributed by atoms with Crippen molar-refractivity contribution in [1.82, 2.24) is 0 Å². The number of hydrogen-bond donors (Lipinski definition) is 1. The summed E-state index contributed by atoms with van der Waals surface area (Å²) in [6.45, 7) is 3.99. The van der Waals surface area contributed by atoms with Crippen LogP contribution < -0.4 is 0 Å². The lowest BCUT2D eigenvalue weighted by atomic mass is 10.00. The third-order valence-corrected chi connectivity index (χ3v) is 4.65. The van der Waals surface area contributed by atoms with Crippen molar-refractivity contribution in [2.45, 2.75) is 38.9 Å². The van der Waals surface area contributed by atoms with Gasteiger partial charge in [-0.25, -0.2) is 4.79 Å². The number of aliphatic carboxylic acids is 1. The summed E-state index contributed by atoms with van der Waals surface area (Å²) in [6.07, 6.45) is -0.112. The average Bonchev–Trinajstić information content (AvgIpc) is 2.55. The molecular formula is C20H22BrClO3. The van der Waals surface area contributed by atoms with Crippen LogP contribution in [0.1, 0.15) is 37.5 Å². The first-order valence-electron chi connectivity index (χ1n) is 8.23. The Balaban J connectivity index is 2.25. The van der Waals surface area contributed by atoms with Gasteiger partial charge in [0.2, 0.25) is 0 Å². The van der Waals surface area contributed by atoms with Gasteiger partial charge in [0, 0.05) is 15.9 Å². The van der Waals surface area contributed by atoms with E-state index in [1.807, 2.05) is 62.4 Å². The minimum atomic E-state index is -0.924. The molecule has 1 N–H and O–H groups in total. The molecule has 2 aromatic rings. The van der Waals surface area contributed by atoms with Gasteiger partial charge in [0.25, 0.3) is 0 Å². The third kappa shape index (κ3) is 6.46. The Hall–Kier alpha value is -1.36. The Bertz CT molecular complexity index is 683. The summed E-state index contributed by atoms with van der Waals surface area (Å²) < 4.78 is 7.01. The van der Waals surface area contributed by atoms with E-state index in [1.54, 1.807) is 0 Å². The molecule has 2 atom stereocenters. The number of carbonyl (C=O) groups is 1. The Morgan fingerprint density at radius 2 is 1.72 bits per heavy atom. The van der Waals surface area contributed by atoms with Crippen LogP contribution in [-0.2, 0) is 16.0 Å². The van der Waals surface area contributed by atoms with Crippen molar-refractivity contribution < 1.29 is 14.6 Å². The van der Waals surface area contributed by atoms with Gasteiger partial charge in [0.05, 0.1) is 6.10 Å². The number of rotatable bonds is 8. The summed E-state index contributed by atoms with van der Waals surface area (Å²) >= 11 is 9.38. The number of carboxylic acids is 1. The first-order valence-corrected chi connectivity index (χ1v) is 9.40. The Morgan fingerprint density at radius 1 is 1.12 bits per heavy atom. The molecule has 0 aliphatic heterocycles. The first-order chi connectivity index (χ1) is 11.8. The molecule has 0 saturated heterocycles. The Morgan fingerprint density at radius 3 is 2.24 bits per heavy atom. The average molecular weight is 426 g/mol. The highest BCUT2D eigenvalue weighted by Gasteiger charge is 2.25. The maximum absolute atomic E-state index is 11.6. The van der Waals surface area contributed by atoms with Gasteiger partial charge in [-0.2, -0.15) is 0 Å². The van der Waals surface area contributed by atoms with E-state index in [0.717, 1.165) is 15.6 Å². The summed E-state index contributed by atoms with van der Waals surface area (Å²) in [4.78, 5) is 11.6. The van der Waals surface area contributed by atoms with Crippen LogP contribution in [-0.4, -0.2) is 17.2 Å². The summed E-state index contributed by atoms with van der Waals surface area (Å²) in [6, 6.07) is 15.3. The molecule has 3 nitrogen and oxygen atoms in total. The topological polar surface area (TPSA) is 46.5 Å². The van der Waals surface area contributed by atoms with Crippen molar-refractivity contribution in [2.75, 3.05) is 0 Å². The zero-order valence-corrected chi connectivity index (χ0v) is 16.6. The second kappa shape index (κ2) is 9.37. The zero-order valence-electron chi connectivity index (χ0n) is 14.3. The maximum Gasteiger partial charge on any atom is 0.332 e. The predicted molar refractivity (Wildman–Crippen MR) is 104 cm³/mol. The van der Waals surface area contributed by atoms with Crippen LogP contribution in [0.25, 0.3) is 0 Å². The molecule has 0 saturated carbocycles. The molecule has 134 valence electrons. The van der Waals surface area contributed by atoms with E-state index in [0.29, 0.717) is 17.9 Å². The normalized spacial score (nSPS) is 13.6. The molecule has 0 amide bonds. The van der Waals surface area contributed by atoms with E-state index in [9.17, 15) is 9.90 Å². The lowest BCUT2D eigenvalue weighted by Crippen LogP contribution is -2.28. The van der Waals surface area contributed by atoms with Gasteiger partial charge < -0.3 is 9.84 Å². The van der Waals surface area contributed by atoms with Gasteiger partial charge >= 0.3 is 5.97 Å². The molecule has 0 fully saturated rings. The lowest BCUT2D eigenvalue weighted by Gasteiger charge is -2.24. The fraction of sp³-hybridized carbons (Fsp3) is 0.350. The lowest BCUT2D eigenvalue weighted by molar-refractivity contribution is -0.156. The van der Waals surface area contributed by atoms with Crippen molar-refractivity contribution in [3.05, 3.63) is 69.2 Å². The summed E-state index contributed by atoms with van der Waals surface area (Å²) in [5, 5.41) is 10.2. The molecule has 0 aliphatic rings. The monoisotopic (exact) mass is 424 g/mol. The van der Waals surface area contributed by atoms with Crippen molar-refractivity contribution >= 4 is 33.5 Å². The standard InChI is InChI=1S/C20H22BrClO3/c1-13(2)11-19(20(23)24)25-18(15-5-7-16(21)8-6-15)12-14-3-9-17(22)10-4-14/h3-10,13,18-19H,11-12H2,1-2H3,(H,23,24)/t18-,19+/m1/s1. The molecule has 0 radical (unpaired) electrons. The first kappa shape index (κ1) is 20.0. The molecule has 0 unspecified atom stereocenters. The van der Waals surface area contributed by atoms with E-state index in [1.165, 1.54) is 0 Å². The van der Waals surface area contributed by atoms with Crippen molar-refractivity contribution in [2.24, 2.45) is 5.92 Å². The molecule has 25 heavy (non-hydrogen) atoms. The van der Waals surface area contributed by atoms with Crippen LogP contribution in [0.2, 0.25) is 5.02 Å². The van der Waals surface area contributed by atoms with Crippen molar-refractivity contribution in [3.8, 4) is 0 Å². The fourth-order valence-corrected chi connectivity index (χ4v) is 2.99. The third-order valence-electron chi connectivity index (χ3n) is 3.87. The van der Waals surface area contributed by atoms with Crippen LogP contribution >= 0.6 is 27.5 Å². The molecule has 0 heterocycles. The maximum atomic E-state index is 11.6. The van der Waals surface area contributed by atoms with E-state index in [2.05, 4.69) is 15.9 Å². The second-order valence-electron chi connectivity index (χ2n) is 6.46. The molecule has 2 aromatic carbocycles. The Kier molecular flexibility index (Phi) is 7.48. The van der Waals surface area contributed by atoms with Gasteiger partial charge in [-0.15, -0.1) is 0 Å². The minimum Gasteiger partial charge on any atom is -0.479 e. The van der Waals surface area contributed by atoms with Gasteiger partial charge in [0.15, 0.2) is 6.10 Å². The summed E-state index contributed by atoms with van der Waals surface area (Å²) in [7, 11) is 0. The highest BCUT2D eigenvalue weighted by atomic mass is 79.9. The van der Waals surface area contributed by atoms with E-state index in [-0.39, 0.29) is 12.0 Å². The summed E-state index contributed by atoms with van der Waals surface area (Å²) in [5.74, 6) is -0.686. The van der Waals surface area contributed by atoms with Gasteiger partial charge in [-0.05, 0) is 47.7 Å². The van der Waals surface area contributed by atoms with Gasteiger partial charge in [0.1, 0.15) is 0 Å². The van der Waals surface area contributed by atoms with Gasteiger partial charge in [-0.3, -0.25) is 0 Å². The minimum absolute atomic E-state index is 0.238. The molecule has 0 aliphatic carbocycles. The highest BCUT2D eigenvalue weighted by molar-refractivity contribution is 9.10. The van der Waals surface area contributed by atoms with Crippen LogP contribution in [0.3, 0.4) is 0 Å². The van der Waals surface area contributed by atoms with Crippen LogP contribution in [0.15, 0.2) is 53.0 Å². The molecule has 2 rings (SSSR count). The van der Waals surface area contributed by atoms with E-state index < -0.39 is 12.1 Å².